The van der Waals surface area contributed by atoms with Gasteiger partial charge in [0.05, 0.1) is 0 Å². The molecule has 3 N–H and O–H groups in total. The van der Waals surface area contributed by atoms with Crippen molar-refractivity contribution in [3.05, 3.63) is 64.7 Å². The van der Waals surface area contributed by atoms with Gasteiger partial charge in [-0.15, -0.1) is 0 Å². The Hall–Kier alpha value is -2.86. The van der Waals surface area contributed by atoms with Crippen molar-refractivity contribution >= 4 is 35.0 Å². The number of halogens is 1. The Morgan fingerprint density at radius 3 is 1.96 bits per heavy atom. The van der Waals surface area contributed by atoms with Crippen molar-refractivity contribution in [2.45, 2.75) is 26.3 Å². The van der Waals surface area contributed by atoms with Crippen LogP contribution < -0.4 is 16.0 Å². The minimum absolute atomic E-state index is 0.203. The summed E-state index contributed by atoms with van der Waals surface area (Å²) >= 11 is 5.85. The van der Waals surface area contributed by atoms with Gasteiger partial charge in [-0.3, -0.25) is 14.4 Å². The third-order valence-corrected chi connectivity index (χ3v) is 4.33. The number of rotatable bonds is 7. The molecule has 0 spiro atoms. The molecule has 0 aliphatic heterocycles. The first kappa shape index (κ1) is 21.4. The van der Waals surface area contributed by atoms with Gasteiger partial charge in [0.2, 0.25) is 5.91 Å². The topological polar surface area (TPSA) is 87.3 Å². The van der Waals surface area contributed by atoms with E-state index in [0.717, 1.165) is 0 Å². The molecule has 0 fully saturated rings. The van der Waals surface area contributed by atoms with Gasteiger partial charge in [-0.25, -0.2) is 0 Å². The van der Waals surface area contributed by atoms with Crippen molar-refractivity contribution in [3.8, 4) is 0 Å². The lowest BCUT2D eigenvalue weighted by Gasteiger charge is -2.20. The van der Waals surface area contributed by atoms with E-state index in [1.807, 2.05) is 13.8 Å². The molecule has 0 aromatic heterocycles. The predicted molar refractivity (Wildman–Crippen MR) is 111 cm³/mol. The van der Waals surface area contributed by atoms with Gasteiger partial charge in [-0.05, 0) is 60.9 Å². The molecule has 2 aromatic rings. The summed E-state index contributed by atoms with van der Waals surface area (Å²) in [5, 5.41) is 8.65. The third kappa shape index (κ3) is 6.09. The van der Waals surface area contributed by atoms with Crippen LogP contribution in [0, 0.1) is 5.92 Å². The molecule has 2 aromatic carbocycles. The van der Waals surface area contributed by atoms with E-state index in [1.54, 1.807) is 55.6 Å². The maximum atomic E-state index is 12.7. The lowest BCUT2D eigenvalue weighted by Crippen LogP contribution is -2.44. The first-order valence-corrected chi connectivity index (χ1v) is 9.37. The molecule has 0 radical (unpaired) electrons. The van der Waals surface area contributed by atoms with Gasteiger partial charge in [0.1, 0.15) is 6.04 Å². The fourth-order valence-electron chi connectivity index (χ4n) is 2.62. The fourth-order valence-corrected chi connectivity index (χ4v) is 2.75. The van der Waals surface area contributed by atoms with Crippen LogP contribution in [0.3, 0.4) is 0 Å². The number of anilines is 1. The van der Waals surface area contributed by atoms with Crippen molar-refractivity contribution in [2.24, 2.45) is 5.92 Å². The van der Waals surface area contributed by atoms with E-state index in [2.05, 4.69) is 16.0 Å². The summed E-state index contributed by atoms with van der Waals surface area (Å²) in [7, 11) is 1.55. The Labute approximate surface area is 169 Å². The Kier molecular flexibility index (Phi) is 7.58. The van der Waals surface area contributed by atoms with E-state index in [9.17, 15) is 14.4 Å². The Morgan fingerprint density at radius 1 is 0.893 bits per heavy atom. The number of amides is 3. The predicted octanol–water partition coefficient (Wildman–Crippen LogP) is 3.48. The first-order valence-electron chi connectivity index (χ1n) is 8.99. The molecule has 0 unspecified atom stereocenters. The zero-order valence-electron chi connectivity index (χ0n) is 16.1. The molecule has 0 saturated heterocycles. The lowest BCUT2D eigenvalue weighted by molar-refractivity contribution is -0.118. The zero-order valence-corrected chi connectivity index (χ0v) is 16.8. The number of benzene rings is 2. The smallest absolute Gasteiger partial charge is 0.251 e. The zero-order chi connectivity index (χ0) is 20.7. The summed E-state index contributed by atoms with van der Waals surface area (Å²) in [5.74, 6) is -0.654. The highest BCUT2D eigenvalue weighted by Crippen LogP contribution is 2.14. The van der Waals surface area contributed by atoms with Crippen LogP contribution in [0.15, 0.2) is 48.5 Å². The van der Waals surface area contributed by atoms with Crippen molar-refractivity contribution in [1.82, 2.24) is 10.6 Å². The standard InChI is InChI=1S/C21H24ClN3O3/c1-13(2)12-18(25-20(27)15-4-8-16(22)9-5-15)21(28)24-17-10-6-14(7-11-17)19(26)23-3/h4-11,13,18H,12H2,1-3H3,(H,23,26)(H,24,28)(H,25,27)/t18-/m1/s1. The van der Waals surface area contributed by atoms with Gasteiger partial charge in [0, 0.05) is 28.9 Å². The molecule has 0 heterocycles. The molecule has 0 aliphatic carbocycles. The number of nitrogens with one attached hydrogen (secondary N) is 3. The maximum Gasteiger partial charge on any atom is 0.251 e. The summed E-state index contributed by atoms with van der Waals surface area (Å²) < 4.78 is 0. The van der Waals surface area contributed by atoms with E-state index in [-0.39, 0.29) is 23.6 Å². The summed E-state index contributed by atoms with van der Waals surface area (Å²) in [6.45, 7) is 3.96. The number of carbonyl (C=O) groups is 3. The summed E-state index contributed by atoms with van der Waals surface area (Å²) in [6, 6.07) is 12.3. The molecule has 3 amide bonds. The van der Waals surface area contributed by atoms with Crippen molar-refractivity contribution < 1.29 is 14.4 Å². The van der Waals surface area contributed by atoms with Crippen molar-refractivity contribution in [2.75, 3.05) is 12.4 Å². The monoisotopic (exact) mass is 401 g/mol. The lowest BCUT2D eigenvalue weighted by atomic mass is 10.0. The van der Waals surface area contributed by atoms with Crippen LogP contribution >= 0.6 is 11.6 Å². The van der Waals surface area contributed by atoms with Crippen LogP contribution in [-0.4, -0.2) is 30.8 Å². The molecule has 0 bridgehead atoms. The molecule has 148 valence electrons. The van der Waals surface area contributed by atoms with Crippen LogP contribution in [0.4, 0.5) is 5.69 Å². The summed E-state index contributed by atoms with van der Waals surface area (Å²) in [4.78, 5) is 36.8. The Balaban J connectivity index is 2.08. The highest BCUT2D eigenvalue weighted by Gasteiger charge is 2.22. The number of hydrogen-bond acceptors (Lipinski definition) is 3. The van der Waals surface area contributed by atoms with E-state index in [4.69, 9.17) is 11.6 Å². The van der Waals surface area contributed by atoms with E-state index in [1.165, 1.54) is 0 Å². The molecule has 1 atom stereocenters. The average Bonchev–Trinajstić information content (AvgIpc) is 2.67. The van der Waals surface area contributed by atoms with Crippen molar-refractivity contribution in [3.63, 3.8) is 0 Å². The largest absolute Gasteiger partial charge is 0.355 e. The fraction of sp³-hybridized carbons (Fsp3) is 0.286. The highest BCUT2D eigenvalue weighted by molar-refractivity contribution is 6.30. The van der Waals surface area contributed by atoms with Gasteiger partial charge in [-0.1, -0.05) is 25.4 Å². The van der Waals surface area contributed by atoms with Gasteiger partial charge < -0.3 is 16.0 Å². The van der Waals surface area contributed by atoms with Gasteiger partial charge in [0.25, 0.3) is 11.8 Å². The summed E-state index contributed by atoms with van der Waals surface area (Å²) in [5.41, 5.74) is 1.48. The summed E-state index contributed by atoms with van der Waals surface area (Å²) in [6.07, 6.45) is 0.488. The van der Waals surface area contributed by atoms with E-state index >= 15 is 0 Å². The van der Waals surface area contributed by atoms with Crippen LogP contribution in [-0.2, 0) is 4.79 Å². The number of hydrogen-bond donors (Lipinski definition) is 3. The second kappa shape index (κ2) is 9.90. The van der Waals surface area contributed by atoms with E-state index < -0.39 is 6.04 Å². The molecule has 6 nitrogen and oxygen atoms in total. The van der Waals surface area contributed by atoms with Gasteiger partial charge in [0.15, 0.2) is 0 Å². The van der Waals surface area contributed by atoms with E-state index in [0.29, 0.717) is 28.3 Å². The van der Waals surface area contributed by atoms with Gasteiger partial charge in [-0.2, -0.15) is 0 Å². The molecular weight excluding hydrogens is 378 g/mol. The minimum Gasteiger partial charge on any atom is -0.355 e. The second-order valence-corrected chi connectivity index (χ2v) is 7.24. The minimum atomic E-state index is -0.693. The SMILES string of the molecule is CNC(=O)c1ccc(NC(=O)[C@@H](CC(C)C)NC(=O)c2ccc(Cl)cc2)cc1. The quantitative estimate of drug-likeness (QED) is 0.663. The van der Waals surface area contributed by atoms with Crippen LogP contribution in [0.5, 0.6) is 0 Å². The van der Waals surface area contributed by atoms with Gasteiger partial charge >= 0.3 is 0 Å². The molecule has 28 heavy (non-hydrogen) atoms. The second-order valence-electron chi connectivity index (χ2n) is 6.81. The van der Waals surface area contributed by atoms with Crippen LogP contribution in [0.2, 0.25) is 5.02 Å². The molecular formula is C21H24ClN3O3. The highest BCUT2D eigenvalue weighted by atomic mass is 35.5. The molecule has 7 heteroatoms. The van der Waals surface area contributed by atoms with Crippen LogP contribution in [0.1, 0.15) is 41.0 Å². The molecule has 0 saturated carbocycles. The molecule has 0 aliphatic rings. The maximum absolute atomic E-state index is 12.7. The normalized spacial score (nSPS) is 11.6. The first-order chi connectivity index (χ1) is 13.3. The Bertz CT molecular complexity index is 833. The van der Waals surface area contributed by atoms with Crippen LogP contribution in [0.25, 0.3) is 0 Å². The average molecular weight is 402 g/mol. The third-order valence-electron chi connectivity index (χ3n) is 4.08. The number of carbonyl (C=O) groups excluding carboxylic acids is 3. The van der Waals surface area contributed by atoms with Crippen molar-refractivity contribution in [1.29, 1.82) is 0 Å². The molecule has 2 rings (SSSR count). The Morgan fingerprint density at radius 2 is 1.43 bits per heavy atom.